The summed E-state index contributed by atoms with van der Waals surface area (Å²) in [6.07, 6.45) is 0.961. The predicted octanol–water partition coefficient (Wildman–Crippen LogP) is 1.94. The maximum Gasteiger partial charge on any atom is 0.126 e. The molecule has 1 aromatic rings. The van der Waals surface area contributed by atoms with Crippen molar-refractivity contribution in [1.29, 1.82) is 0 Å². The van der Waals surface area contributed by atoms with Crippen molar-refractivity contribution >= 4 is 17.7 Å². The molecule has 2 rings (SSSR count). The summed E-state index contributed by atoms with van der Waals surface area (Å²) < 4.78 is 25.6. The Morgan fingerprint density at radius 1 is 1.31 bits per heavy atom. The Morgan fingerprint density at radius 2 is 1.88 bits per heavy atom. The van der Waals surface area contributed by atoms with E-state index >= 15 is 0 Å². The van der Waals surface area contributed by atoms with Crippen LogP contribution in [0.25, 0.3) is 0 Å². The van der Waals surface area contributed by atoms with E-state index in [1.54, 1.807) is 0 Å². The normalized spacial score (nSPS) is 18.8. The first kappa shape index (κ1) is 13.0. The Kier molecular flexibility index (Phi) is 5.28. The third kappa shape index (κ3) is 3.83. The van der Waals surface area contributed by atoms with Crippen molar-refractivity contribution < 1.29 is 8.78 Å². The fraction of sp³-hybridized carbons (Fsp3) is 0.364. The highest BCUT2D eigenvalue weighted by molar-refractivity contribution is 7.78. The van der Waals surface area contributed by atoms with Gasteiger partial charge in [-0.2, -0.15) is 0 Å². The SMILES string of the molecule is Fc1cc(F)cc([C@@H]2CCNC2)c1.NC=S. The van der Waals surface area contributed by atoms with Crippen LogP contribution in [-0.2, 0) is 0 Å². The third-order valence-electron chi connectivity index (χ3n) is 2.42. The molecule has 1 aliphatic rings. The maximum absolute atomic E-state index is 12.8. The molecule has 0 spiro atoms. The highest BCUT2D eigenvalue weighted by Gasteiger charge is 2.17. The largest absolute Gasteiger partial charge is 0.396 e. The van der Waals surface area contributed by atoms with Crippen LogP contribution >= 0.6 is 12.2 Å². The minimum atomic E-state index is -0.484. The van der Waals surface area contributed by atoms with Gasteiger partial charge in [0.15, 0.2) is 0 Å². The smallest absolute Gasteiger partial charge is 0.126 e. The Morgan fingerprint density at radius 3 is 2.31 bits per heavy atom. The van der Waals surface area contributed by atoms with Gasteiger partial charge in [0.25, 0.3) is 0 Å². The number of halogens is 2. The van der Waals surface area contributed by atoms with Gasteiger partial charge in [-0.3, -0.25) is 0 Å². The second-order valence-electron chi connectivity index (χ2n) is 3.53. The number of benzene rings is 1. The van der Waals surface area contributed by atoms with Gasteiger partial charge in [0.2, 0.25) is 0 Å². The van der Waals surface area contributed by atoms with E-state index in [2.05, 4.69) is 23.3 Å². The Bertz CT molecular complexity index is 332. The molecule has 0 unspecified atom stereocenters. The van der Waals surface area contributed by atoms with Crippen LogP contribution in [-0.4, -0.2) is 18.6 Å². The van der Waals surface area contributed by atoms with Crippen LogP contribution in [0.3, 0.4) is 0 Å². The first-order valence-electron chi connectivity index (χ1n) is 4.99. The van der Waals surface area contributed by atoms with Crippen LogP contribution in [0.15, 0.2) is 18.2 Å². The zero-order valence-electron chi connectivity index (χ0n) is 8.75. The molecule has 1 saturated heterocycles. The fourth-order valence-electron chi connectivity index (χ4n) is 1.75. The van der Waals surface area contributed by atoms with E-state index in [-0.39, 0.29) is 5.92 Å². The summed E-state index contributed by atoms with van der Waals surface area (Å²) in [6.45, 7) is 1.76. The van der Waals surface area contributed by atoms with Crippen molar-refractivity contribution in [3.8, 4) is 0 Å². The maximum atomic E-state index is 12.8. The van der Waals surface area contributed by atoms with Gasteiger partial charge in [-0.05, 0) is 36.6 Å². The molecule has 0 aliphatic carbocycles. The van der Waals surface area contributed by atoms with Crippen LogP contribution in [0, 0.1) is 11.6 Å². The van der Waals surface area contributed by atoms with Gasteiger partial charge in [0, 0.05) is 12.6 Å². The lowest BCUT2D eigenvalue weighted by Gasteiger charge is -2.08. The third-order valence-corrected chi connectivity index (χ3v) is 2.42. The van der Waals surface area contributed by atoms with Gasteiger partial charge >= 0.3 is 0 Å². The van der Waals surface area contributed by atoms with E-state index in [0.29, 0.717) is 0 Å². The monoisotopic (exact) mass is 244 g/mol. The first-order chi connectivity index (χ1) is 7.67. The van der Waals surface area contributed by atoms with Gasteiger partial charge in [-0.15, -0.1) is 0 Å². The van der Waals surface area contributed by atoms with E-state index in [4.69, 9.17) is 0 Å². The van der Waals surface area contributed by atoms with E-state index in [9.17, 15) is 8.78 Å². The van der Waals surface area contributed by atoms with Gasteiger partial charge in [-0.25, -0.2) is 8.78 Å². The molecule has 5 heteroatoms. The standard InChI is InChI=1S/C10H11F2N.CH3NS/c11-9-3-8(4-10(12)5-9)7-1-2-13-6-7;2-1-3/h3-5,7,13H,1-2,6H2;1H,(H2,2,3)/t7-;/m1./s1. The summed E-state index contributed by atoms with van der Waals surface area (Å²) in [5.74, 6) is -0.700. The van der Waals surface area contributed by atoms with Gasteiger partial charge in [-0.1, -0.05) is 12.2 Å². The van der Waals surface area contributed by atoms with Crippen LogP contribution in [0.2, 0.25) is 0 Å². The summed E-state index contributed by atoms with van der Waals surface area (Å²) in [7, 11) is 0. The van der Waals surface area contributed by atoms with Gasteiger partial charge < -0.3 is 11.1 Å². The number of hydrogen-bond donors (Lipinski definition) is 2. The fourth-order valence-corrected chi connectivity index (χ4v) is 1.75. The van der Waals surface area contributed by atoms with E-state index in [1.165, 1.54) is 12.1 Å². The molecule has 1 atom stereocenters. The molecule has 1 aliphatic heterocycles. The van der Waals surface area contributed by atoms with E-state index in [0.717, 1.165) is 36.6 Å². The molecule has 3 N–H and O–H groups in total. The summed E-state index contributed by atoms with van der Waals surface area (Å²) in [5.41, 5.74) is 6.39. The van der Waals surface area contributed by atoms with Crippen molar-refractivity contribution in [1.82, 2.24) is 5.32 Å². The van der Waals surface area contributed by atoms with Crippen molar-refractivity contribution in [2.45, 2.75) is 12.3 Å². The Labute approximate surface area is 98.8 Å². The minimum absolute atomic E-state index is 0.269. The number of hydrogen-bond acceptors (Lipinski definition) is 2. The number of nitrogens with two attached hydrogens (primary N) is 1. The van der Waals surface area contributed by atoms with Crippen molar-refractivity contribution in [3.05, 3.63) is 35.4 Å². The van der Waals surface area contributed by atoms with Crippen molar-refractivity contribution in [3.63, 3.8) is 0 Å². The molecule has 0 amide bonds. The molecule has 1 fully saturated rings. The molecule has 0 aromatic heterocycles. The summed E-state index contributed by atoms with van der Waals surface area (Å²) in [4.78, 5) is 0. The Balaban J connectivity index is 0.000000386. The number of nitrogens with one attached hydrogen (secondary N) is 1. The average Bonchev–Trinajstić information content (AvgIpc) is 2.69. The van der Waals surface area contributed by atoms with E-state index < -0.39 is 11.6 Å². The van der Waals surface area contributed by atoms with Crippen LogP contribution in [0.1, 0.15) is 17.9 Å². The molecule has 0 radical (unpaired) electrons. The highest BCUT2D eigenvalue weighted by Crippen LogP contribution is 2.23. The summed E-state index contributed by atoms with van der Waals surface area (Å²) >= 11 is 4.05. The molecule has 88 valence electrons. The minimum Gasteiger partial charge on any atom is -0.396 e. The quantitative estimate of drug-likeness (QED) is 0.741. The van der Waals surface area contributed by atoms with Crippen LogP contribution < -0.4 is 11.1 Å². The lowest BCUT2D eigenvalue weighted by molar-refractivity contribution is 0.575. The number of thiocarbonyl (C=S) groups is 1. The molecular weight excluding hydrogens is 230 g/mol. The topological polar surface area (TPSA) is 38.0 Å². The van der Waals surface area contributed by atoms with Crippen LogP contribution in [0.5, 0.6) is 0 Å². The molecule has 0 saturated carbocycles. The second-order valence-corrected chi connectivity index (χ2v) is 3.80. The van der Waals surface area contributed by atoms with E-state index in [1.807, 2.05) is 0 Å². The van der Waals surface area contributed by atoms with Crippen molar-refractivity contribution in [2.24, 2.45) is 5.73 Å². The highest BCUT2D eigenvalue weighted by atomic mass is 32.1. The molecule has 16 heavy (non-hydrogen) atoms. The molecule has 0 bridgehead atoms. The lowest BCUT2D eigenvalue weighted by Crippen LogP contribution is -2.08. The molecule has 2 nitrogen and oxygen atoms in total. The zero-order valence-corrected chi connectivity index (χ0v) is 9.57. The van der Waals surface area contributed by atoms with Gasteiger partial charge in [0.05, 0.1) is 5.49 Å². The van der Waals surface area contributed by atoms with Gasteiger partial charge in [0.1, 0.15) is 11.6 Å². The molecular formula is C11H14F2N2S. The first-order valence-corrected chi connectivity index (χ1v) is 5.46. The Hall–Kier alpha value is -1.07. The second kappa shape index (κ2) is 6.50. The van der Waals surface area contributed by atoms with Crippen LogP contribution in [0.4, 0.5) is 8.78 Å². The summed E-state index contributed by atoms with van der Waals surface area (Å²) in [6, 6.07) is 3.74. The molecule has 1 aromatic carbocycles. The zero-order chi connectivity index (χ0) is 12.0. The lowest BCUT2D eigenvalue weighted by atomic mass is 9.98. The average molecular weight is 244 g/mol. The molecule has 1 heterocycles. The number of rotatable bonds is 1. The predicted molar refractivity (Wildman–Crippen MR) is 64.4 cm³/mol. The van der Waals surface area contributed by atoms with Crippen molar-refractivity contribution in [2.75, 3.05) is 13.1 Å². The summed E-state index contributed by atoms with van der Waals surface area (Å²) in [5, 5.41) is 3.16.